The van der Waals surface area contributed by atoms with Gasteiger partial charge in [0.05, 0.1) is 85.2 Å². The van der Waals surface area contributed by atoms with Gasteiger partial charge >= 0.3 is 41.8 Å². The van der Waals surface area contributed by atoms with Gasteiger partial charge in [0, 0.05) is 0 Å². The standard InChI is InChI=1S/C18H22O8.C15H18O6/c1-5-23-15(19)11-9-10-12(16(20)24-6-2)14(18(22)26-8-4)13(11)17(21)25-7-3;1-4-19-13(16)10-7-8-11(14(17)20-5-2)12(9-10)15(18)21-6-3/h9-10H,5-8H2,1-4H3;7-9H,4-6H2,1-3H3. The average Bonchev–Trinajstić information content (AvgIpc) is 3.04. The number of rotatable bonds is 14. The van der Waals surface area contributed by atoms with Crippen LogP contribution in [0.15, 0.2) is 30.3 Å². The highest BCUT2D eigenvalue weighted by molar-refractivity contribution is 6.15. The molecule has 0 heterocycles. The predicted octanol–water partition coefficient (Wildman–Crippen LogP) is 4.61. The second-order valence-electron chi connectivity index (χ2n) is 8.71. The SMILES string of the molecule is CCOC(=O)c1ccc(C(=O)OCC)c(C(=O)OCC)c1.CCOC(=O)c1ccc(C(=O)OCC)c(C(=O)OCC)c1C(=O)OCC. The van der Waals surface area contributed by atoms with E-state index >= 15 is 0 Å². The van der Waals surface area contributed by atoms with Gasteiger partial charge in [0.25, 0.3) is 0 Å². The molecule has 0 bridgehead atoms. The van der Waals surface area contributed by atoms with Gasteiger partial charge in [0.15, 0.2) is 0 Å². The molecule has 0 aliphatic carbocycles. The number of benzene rings is 2. The molecule has 0 saturated heterocycles. The first-order valence-corrected chi connectivity index (χ1v) is 15.0. The summed E-state index contributed by atoms with van der Waals surface area (Å²) in [6.45, 7) is 12.0. The Bertz CT molecular complexity index is 1380. The number of carbonyl (C=O) groups is 7. The van der Waals surface area contributed by atoms with Crippen LogP contribution in [0.25, 0.3) is 0 Å². The first-order chi connectivity index (χ1) is 22.5. The van der Waals surface area contributed by atoms with E-state index in [4.69, 9.17) is 33.2 Å². The van der Waals surface area contributed by atoms with Crippen LogP contribution in [-0.2, 0) is 33.2 Å². The van der Waals surface area contributed by atoms with E-state index < -0.39 is 41.8 Å². The molecular formula is C33H40O14. The summed E-state index contributed by atoms with van der Waals surface area (Å²) < 4.78 is 34.4. The highest BCUT2D eigenvalue weighted by atomic mass is 16.6. The lowest BCUT2D eigenvalue weighted by Gasteiger charge is -2.15. The van der Waals surface area contributed by atoms with Gasteiger partial charge < -0.3 is 33.2 Å². The van der Waals surface area contributed by atoms with Gasteiger partial charge in [0.2, 0.25) is 0 Å². The van der Waals surface area contributed by atoms with E-state index in [9.17, 15) is 33.6 Å². The van der Waals surface area contributed by atoms with E-state index in [2.05, 4.69) is 0 Å². The quantitative estimate of drug-likeness (QED) is 0.202. The normalized spacial score (nSPS) is 9.94. The first kappa shape index (κ1) is 39.8. The molecule has 0 radical (unpaired) electrons. The summed E-state index contributed by atoms with van der Waals surface area (Å²) in [6, 6.07) is 6.49. The third-order valence-electron chi connectivity index (χ3n) is 5.68. The van der Waals surface area contributed by atoms with Gasteiger partial charge in [-0.25, -0.2) is 33.6 Å². The molecule has 2 aromatic carbocycles. The Kier molecular flexibility index (Phi) is 17.5. The van der Waals surface area contributed by atoms with E-state index in [0.717, 1.165) is 0 Å². The average molecular weight is 661 g/mol. The molecule has 0 saturated carbocycles. The van der Waals surface area contributed by atoms with Gasteiger partial charge in [-0.15, -0.1) is 0 Å². The highest BCUT2D eigenvalue weighted by Crippen LogP contribution is 2.24. The summed E-state index contributed by atoms with van der Waals surface area (Å²) in [6.07, 6.45) is 0. The van der Waals surface area contributed by atoms with Crippen LogP contribution in [0.1, 0.15) is 121 Å². The van der Waals surface area contributed by atoms with E-state index in [1.54, 1.807) is 48.5 Å². The summed E-state index contributed by atoms with van der Waals surface area (Å²) >= 11 is 0. The molecule has 2 rings (SSSR count). The zero-order valence-corrected chi connectivity index (χ0v) is 27.6. The maximum Gasteiger partial charge on any atom is 0.339 e. The van der Waals surface area contributed by atoms with Gasteiger partial charge in [0.1, 0.15) is 0 Å². The van der Waals surface area contributed by atoms with Crippen molar-refractivity contribution < 1.29 is 66.7 Å². The molecule has 47 heavy (non-hydrogen) atoms. The van der Waals surface area contributed by atoms with Crippen molar-refractivity contribution in [2.24, 2.45) is 0 Å². The maximum atomic E-state index is 12.4. The Morgan fingerprint density at radius 2 is 0.638 bits per heavy atom. The molecule has 0 unspecified atom stereocenters. The Hall–Kier alpha value is -5.27. The summed E-state index contributed by atoms with van der Waals surface area (Å²) in [7, 11) is 0. The van der Waals surface area contributed by atoms with Crippen LogP contribution in [0.5, 0.6) is 0 Å². The van der Waals surface area contributed by atoms with Crippen molar-refractivity contribution in [2.75, 3.05) is 46.2 Å². The fourth-order valence-electron chi connectivity index (χ4n) is 3.84. The zero-order valence-electron chi connectivity index (χ0n) is 27.6. The highest BCUT2D eigenvalue weighted by Gasteiger charge is 2.32. The second kappa shape index (κ2) is 20.7. The van der Waals surface area contributed by atoms with Crippen molar-refractivity contribution in [3.05, 3.63) is 69.3 Å². The molecule has 256 valence electrons. The van der Waals surface area contributed by atoms with Crippen molar-refractivity contribution in [1.82, 2.24) is 0 Å². The molecule has 14 nitrogen and oxygen atoms in total. The zero-order chi connectivity index (χ0) is 35.5. The molecular weight excluding hydrogens is 620 g/mol. The van der Waals surface area contributed by atoms with Crippen molar-refractivity contribution in [3.8, 4) is 0 Å². The van der Waals surface area contributed by atoms with Crippen molar-refractivity contribution in [2.45, 2.75) is 48.5 Å². The van der Waals surface area contributed by atoms with Crippen LogP contribution in [0.4, 0.5) is 0 Å². The number of hydrogen-bond donors (Lipinski definition) is 0. The molecule has 0 aliphatic heterocycles. The molecule has 0 spiro atoms. The summed E-state index contributed by atoms with van der Waals surface area (Å²) in [5, 5.41) is 0. The van der Waals surface area contributed by atoms with Crippen molar-refractivity contribution >= 4 is 41.8 Å². The third-order valence-corrected chi connectivity index (χ3v) is 5.68. The first-order valence-electron chi connectivity index (χ1n) is 15.0. The molecule has 0 amide bonds. The predicted molar refractivity (Wildman–Crippen MR) is 165 cm³/mol. The number of ether oxygens (including phenoxy) is 7. The molecule has 0 N–H and O–H groups in total. The second-order valence-corrected chi connectivity index (χ2v) is 8.71. The minimum absolute atomic E-state index is 0.00694. The van der Waals surface area contributed by atoms with Gasteiger partial charge in [-0.2, -0.15) is 0 Å². The summed E-state index contributed by atoms with van der Waals surface area (Å²) in [5.74, 6) is -5.43. The Morgan fingerprint density at radius 1 is 0.362 bits per heavy atom. The third kappa shape index (κ3) is 11.2. The van der Waals surface area contributed by atoms with Crippen molar-refractivity contribution in [1.29, 1.82) is 0 Å². The van der Waals surface area contributed by atoms with Crippen LogP contribution in [-0.4, -0.2) is 88.0 Å². The lowest BCUT2D eigenvalue weighted by Crippen LogP contribution is -2.23. The molecule has 0 fully saturated rings. The van der Waals surface area contributed by atoms with E-state index in [0.29, 0.717) is 0 Å². The Labute approximate surface area is 272 Å². The Balaban J connectivity index is 0.000000481. The molecule has 0 aromatic heterocycles. The van der Waals surface area contributed by atoms with Crippen molar-refractivity contribution in [3.63, 3.8) is 0 Å². The van der Waals surface area contributed by atoms with Crippen LogP contribution in [0.2, 0.25) is 0 Å². The van der Waals surface area contributed by atoms with Gasteiger partial charge in [-0.05, 0) is 78.8 Å². The molecule has 0 aliphatic rings. The monoisotopic (exact) mass is 660 g/mol. The largest absolute Gasteiger partial charge is 0.462 e. The van der Waals surface area contributed by atoms with Crippen LogP contribution < -0.4 is 0 Å². The smallest absolute Gasteiger partial charge is 0.339 e. The fourth-order valence-corrected chi connectivity index (χ4v) is 3.84. The number of esters is 7. The summed E-state index contributed by atoms with van der Waals surface area (Å²) in [4.78, 5) is 84.8. The van der Waals surface area contributed by atoms with E-state index in [-0.39, 0.29) is 85.2 Å². The molecule has 0 atom stereocenters. The van der Waals surface area contributed by atoms with E-state index in [1.807, 2.05) is 0 Å². The van der Waals surface area contributed by atoms with Gasteiger partial charge in [-0.3, -0.25) is 0 Å². The molecule has 14 heteroatoms. The fraction of sp³-hybridized carbons (Fsp3) is 0.424. The van der Waals surface area contributed by atoms with Crippen LogP contribution >= 0.6 is 0 Å². The molecule has 2 aromatic rings. The Morgan fingerprint density at radius 3 is 1.00 bits per heavy atom. The van der Waals surface area contributed by atoms with Crippen LogP contribution in [0.3, 0.4) is 0 Å². The minimum atomic E-state index is -0.940. The number of hydrogen-bond acceptors (Lipinski definition) is 14. The van der Waals surface area contributed by atoms with E-state index in [1.165, 1.54) is 30.3 Å². The summed E-state index contributed by atoms with van der Waals surface area (Å²) in [5.41, 5.74) is -0.927. The van der Waals surface area contributed by atoms with Crippen LogP contribution in [0, 0.1) is 0 Å². The lowest BCUT2D eigenvalue weighted by molar-refractivity contribution is 0.0444. The van der Waals surface area contributed by atoms with Gasteiger partial charge in [-0.1, -0.05) is 0 Å². The topological polar surface area (TPSA) is 184 Å². The number of carbonyl (C=O) groups excluding carboxylic acids is 7. The minimum Gasteiger partial charge on any atom is -0.462 e. The lowest BCUT2D eigenvalue weighted by atomic mass is 9.95. The maximum absolute atomic E-state index is 12.4.